The van der Waals surface area contributed by atoms with Crippen LogP contribution in [0.15, 0.2) is 48.5 Å². The number of unbranched alkanes of at least 4 members (excludes halogenated alkanes) is 2. The van der Waals surface area contributed by atoms with Crippen molar-refractivity contribution in [3.05, 3.63) is 59.7 Å². The molecule has 1 amide bonds. The van der Waals surface area contributed by atoms with Gasteiger partial charge in [0.1, 0.15) is 11.5 Å². The highest BCUT2D eigenvalue weighted by Crippen LogP contribution is 2.31. The molecule has 42 heavy (non-hydrogen) atoms. The minimum Gasteiger partial charge on any atom is -0.494 e. The molecule has 4 atom stereocenters. The molecule has 4 unspecified atom stereocenters. The van der Waals surface area contributed by atoms with Crippen LogP contribution in [-0.4, -0.2) is 69.6 Å². The quantitative estimate of drug-likeness (QED) is 0.220. The van der Waals surface area contributed by atoms with Crippen LogP contribution in [0, 0.1) is 0 Å². The number of aliphatic hydroxyl groups excluding tert-OH is 1. The van der Waals surface area contributed by atoms with Crippen molar-refractivity contribution in [2.75, 3.05) is 46.2 Å². The summed E-state index contributed by atoms with van der Waals surface area (Å²) in [6.07, 6.45) is 4.75. The van der Waals surface area contributed by atoms with E-state index in [0.717, 1.165) is 61.2 Å². The molecule has 2 aromatic carbocycles. The number of amides is 1. The number of carbonyl (C=O) groups excluding carboxylic acids is 1. The number of benzene rings is 2. The Morgan fingerprint density at radius 1 is 0.786 bits per heavy atom. The van der Waals surface area contributed by atoms with E-state index in [2.05, 4.69) is 5.32 Å². The number of hydrogen-bond acceptors (Lipinski definition) is 9. The van der Waals surface area contributed by atoms with E-state index in [9.17, 15) is 4.79 Å². The molecule has 0 saturated carbocycles. The summed E-state index contributed by atoms with van der Waals surface area (Å²) in [5, 5.41) is 11.7. The van der Waals surface area contributed by atoms with Gasteiger partial charge in [0.05, 0.1) is 45.2 Å². The molecule has 232 valence electrons. The first-order valence-electron chi connectivity index (χ1n) is 15.2. The van der Waals surface area contributed by atoms with E-state index in [1.165, 1.54) is 0 Å². The van der Waals surface area contributed by atoms with Gasteiger partial charge in [0.15, 0.2) is 12.6 Å². The van der Waals surface area contributed by atoms with Crippen molar-refractivity contribution in [1.29, 1.82) is 0 Å². The lowest BCUT2D eigenvalue weighted by molar-refractivity contribution is -0.0617. The van der Waals surface area contributed by atoms with Crippen LogP contribution in [0.25, 0.3) is 0 Å². The average Bonchev–Trinajstić information content (AvgIpc) is 3.68. The minimum absolute atomic E-state index is 0.0381. The molecule has 2 aliphatic rings. The molecule has 2 fully saturated rings. The Hall–Kier alpha value is -2.89. The largest absolute Gasteiger partial charge is 0.494 e. The summed E-state index contributed by atoms with van der Waals surface area (Å²) in [6, 6.07) is 15.5. The van der Waals surface area contributed by atoms with Crippen molar-refractivity contribution in [2.24, 2.45) is 0 Å². The van der Waals surface area contributed by atoms with Crippen molar-refractivity contribution in [3.63, 3.8) is 0 Å². The Labute approximate surface area is 248 Å². The molecule has 0 aromatic heterocycles. The maximum Gasteiger partial charge on any atom is 0.407 e. The summed E-state index contributed by atoms with van der Waals surface area (Å²) in [6.45, 7) is 5.24. The molecule has 4 rings (SSSR count). The summed E-state index contributed by atoms with van der Waals surface area (Å²) < 4.78 is 40.1. The summed E-state index contributed by atoms with van der Waals surface area (Å²) in [5.74, 6) is 1.59. The number of carbonyl (C=O) groups is 1. The molecule has 0 radical (unpaired) electrons. The Morgan fingerprint density at radius 3 is 1.93 bits per heavy atom. The van der Waals surface area contributed by atoms with Gasteiger partial charge in [-0.25, -0.2) is 4.79 Å². The number of rotatable bonds is 18. The average molecular weight is 588 g/mol. The molecule has 10 nitrogen and oxygen atoms in total. The van der Waals surface area contributed by atoms with Crippen molar-refractivity contribution < 1.29 is 43.1 Å². The lowest BCUT2D eigenvalue weighted by Gasteiger charge is -2.13. The van der Waals surface area contributed by atoms with Gasteiger partial charge in [0.25, 0.3) is 0 Å². The van der Waals surface area contributed by atoms with E-state index >= 15 is 0 Å². The maximum absolute atomic E-state index is 12.0. The smallest absolute Gasteiger partial charge is 0.407 e. The third-order valence-electron chi connectivity index (χ3n) is 7.06. The first kappa shape index (κ1) is 32.0. The zero-order valence-electron chi connectivity index (χ0n) is 24.5. The van der Waals surface area contributed by atoms with Crippen molar-refractivity contribution in [2.45, 2.75) is 76.7 Å². The maximum atomic E-state index is 12.0. The molecule has 0 bridgehead atoms. The van der Waals surface area contributed by atoms with Gasteiger partial charge in [-0.1, -0.05) is 24.3 Å². The third kappa shape index (κ3) is 10.7. The Bertz CT molecular complexity index is 1030. The van der Waals surface area contributed by atoms with E-state index in [0.29, 0.717) is 46.0 Å². The van der Waals surface area contributed by atoms with Gasteiger partial charge in [-0.05, 0) is 76.1 Å². The highest BCUT2D eigenvalue weighted by Gasteiger charge is 2.28. The number of alkyl carbamates (subject to hydrolysis) is 1. The van der Waals surface area contributed by atoms with Crippen LogP contribution in [0.1, 0.15) is 75.6 Å². The molecule has 2 aliphatic heterocycles. The molecular formula is C32H45NO9. The Kier molecular flexibility index (Phi) is 13.7. The fraction of sp³-hybridized carbons (Fsp3) is 0.594. The minimum atomic E-state index is -0.415. The lowest BCUT2D eigenvalue weighted by atomic mass is 10.1. The fourth-order valence-corrected chi connectivity index (χ4v) is 4.78. The van der Waals surface area contributed by atoms with Crippen molar-refractivity contribution in [3.8, 4) is 11.5 Å². The molecular weight excluding hydrogens is 542 g/mol. The monoisotopic (exact) mass is 587 g/mol. The number of nitrogens with one attached hydrogen (secondary N) is 1. The van der Waals surface area contributed by atoms with Crippen LogP contribution in [-0.2, 0) is 23.7 Å². The second kappa shape index (κ2) is 17.9. The molecule has 2 aromatic rings. The topological polar surface area (TPSA) is 114 Å². The highest BCUT2D eigenvalue weighted by molar-refractivity contribution is 5.66. The van der Waals surface area contributed by atoms with E-state index in [1.807, 2.05) is 55.5 Å². The molecule has 10 heteroatoms. The second-order valence-corrected chi connectivity index (χ2v) is 10.4. The number of ether oxygens (including phenoxy) is 7. The van der Waals surface area contributed by atoms with Crippen LogP contribution < -0.4 is 14.8 Å². The van der Waals surface area contributed by atoms with E-state index < -0.39 is 6.09 Å². The summed E-state index contributed by atoms with van der Waals surface area (Å²) in [5.41, 5.74) is 1.93. The van der Waals surface area contributed by atoms with Gasteiger partial charge >= 0.3 is 6.09 Å². The van der Waals surface area contributed by atoms with Crippen molar-refractivity contribution >= 4 is 6.09 Å². The number of aliphatic hydroxyl groups is 1. The first-order chi connectivity index (χ1) is 20.6. The predicted octanol–water partition coefficient (Wildman–Crippen LogP) is 5.44. The van der Waals surface area contributed by atoms with Gasteiger partial charge in [-0.3, -0.25) is 0 Å². The zero-order chi connectivity index (χ0) is 29.4. The van der Waals surface area contributed by atoms with Crippen molar-refractivity contribution in [1.82, 2.24) is 5.32 Å². The summed E-state index contributed by atoms with van der Waals surface area (Å²) >= 11 is 0. The molecule has 0 spiro atoms. The lowest BCUT2D eigenvalue weighted by Crippen LogP contribution is -2.26. The standard InChI is InChI=1S/C32H45NO9/c1-2-36-26-14-10-24(11-15-26)30-40-23-29(42-30)9-4-6-20-38-32(35)33-18-7-21-37-27-16-12-25(13-17-27)31-39-22-28(41-31)8-3-5-19-34/h10-17,28-31,34H,2-9,18-23H2,1H3,(H,33,35). The Balaban J connectivity index is 0.985. The molecule has 2 saturated heterocycles. The van der Waals surface area contributed by atoms with Crippen LogP contribution in [0.2, 0.25) is 0 Å². The Morgan fingerprint density at radius 2 is 1.36 bits per heavy atom. The van der Waals surface area contributed by atoms with E-state index in [1.54, 1.807) is 0 Å². The van der Waals surface area contributed by atoms with Gasteiger partial charge in [0.2, 0.25) is 0 Å². The normalized spacial score (nSPS) is 21.8. The van der Waals surface area contributed by atoms with Gasteiger partial charge in [-0.2, -0.15) is 0 Å². The summed E-state index contributed by atoms with van der Waals surface area (Å²) in [4.78, 5) is 12.0. The summed E-state index contributed by atoms with van der Waals surface area (Å²) in [7, 11) is 0. The van der Waals surface area contributed by atoms with Gasteiger partial charge in [0, 0.05) is 24.3 Å². The van der Waals surface area contributed by atoms with Crippen LogP contribution in [0.4, 0.5) is 4.79 Å². The third-order valence-corrected chi connectivity index (χ3v) is 7.06. The number of hydrogen-bond donors (Lipinski definition) is 2. The first-order valence-corrected chi connectivity index (χ1v) is 15.2. The predicted molar refractivity (Wildman–Crippen MR) is 155 cm³/mol. The molecule has 2 N–H and O–H groups in total. The second-order valence-electron chi connectivity index (χ2n) is 10.4. The van der Waals surface area contributed by atoms with E-state index in [-0.39, 0.29) is 31.4 Å². The van der Waals surface area contributed by atoms with E-state index in [4.69, 9.17) is 38.3 Å². The molecule has 0 aliphatic carbocycles. The van der Waals surface area contributed by atoms with Gasteiger partial charge < -0.3 is 43.6 Å². The fourth-order valence-electron chi connectivity index (χ4n) is 4.78. The highest BCUT2D eigenvalue weighted by atomic mass is 16.7. The zero-order valence-corrected chi connectivity index (χ0v) is 24.5. The molecule has 2 heterocycles. The van der Waals surface area contributed by atoms with Crippen LogP contribution >= 0.6 is 0 Å². The van der Waals surface area contributed by atoms with Crippen LogP contribution in [0.5, 0.6) is 11.5 Å². The SMILES string of the molecule is CCOc1ccc(C2OCC(CCCCOC(=O)NCCCOc3ccc(C4OCC(CCCCO)O4)cc3)O2)cc1. The van der Waals surface area contributed by atoms with Crippen LogP contribution in [0.3, 0.4) is 0 Å². The van der Waals surface area contributed by atoms with Gasteiger partial charge in [-0.15, -0.1) is 0 Å².